The molecule has 0 spiro atoms. The number of pyridine rings is 1. The van der Waals surface area contributed by atoms with Crippen LogP contribution in [-0.2, 0) is 39.1 Å². The fourth-order valence-corrected chi connectivity index (χ4v) is 3.73. The molecule has 3 heterocycles. The number of nitrogens with zero attached hydrogens (tertiary/aromatic N) is 4. The van der Waals surface area contributed by atoms with Crippen molar-refractivity contribution in [3.63, 3.8) is 0 Å². The average Bonchev–Trinajstić information content (AvgIpc) is 3.17. The number of aromatic nitrogens is 3. The summed E-state index contributed by atoms with van der Waals surface area (Å²) in [6.45, 7) is -0.0138. The minimum Gasteiger partial charge on any atom is -0.464 e. The highest BCUT2D eigenvalue weighted by Crippen LogP contribution is 2.32. The van der Waals surface area contributed by atoms with E-state index in [1.807, 2.05) is 30.3 Å². The van der Waals surface area contributed by atoms with Crippen LogP contribution in [0.2, 0.25) is 0 Å². The normalized spacial score (nSPS) is 13.2. The lowest BCUT2D eigenvalue weighted by atomic mass is 10.1. The highest BCUT2D eigenvalue weighted by molar-refractivity contribution is 7.80. The van der Waals surface area contributed by atoms with Gasteiger partial charge in [-0.25, -0.2) is 9.86 Å². The van der Waals surface area contributed by atoms with Crippen molar-refractivity contribution in [3.05, 3.63) is 58.1 Å². The van der Waals surface area contributed by atoms with Crippen LogP contribution in [0.4, 0.5) is 5.69 Å². The van der Waals surface area contributed by atoms with Crippen molar-refractivity contribution >= 4 is 33.0 Å². The zero-order valence-electron chi connectivity index (χ0n) is 15.2. The number of ether oxygens (including phenoxy) is 1. The summed E-state index contributed by atoms with van der Waals surface area (Å²) in [5.41, 5.74) is 0.475. The Hall–Kier alpha value is -3.22. The van der Waals surface area contributed by atoms with Gasteiger partial charge >= 0.3 is 16.4 Å². The first-order valence-electron chi connectivity index (χ1n) is 8.49. The van der Waals surface area contributed by atoms with Gasteiger partial charge in [-0.1, -0.05) is 30.3 Å². The Labute approximate surface area is 164 Å². The first kappa shape index (κ1) is 19.1. The summed E-state index contributed by atoms with van der Waals surface area (Å²) in [5, 5.41) is 5.17. The molecule has 12 heteroatoms. The zero-order chi connectivity index (χ0) is 20.8. The Kier molecular flexibility index (Phi) is 4.61. The van der Waals surface area contributed by atoms with E-state index in [2.05, 4.69) is 9.38 Å². The van der Waals surface area contributed by atoms with Crippen molar-refractivity contribution in [2.75, 3.05) is 12.2 Å². The molecule has 0 atom stereocenters. The number of fused-ring (bicyclic) bond motifs is 4. The Morgan fingerprint density at radius 1 is 1.28 bits per heavy atom. The summed E-state index contributed by atoms with van der Waals surface area (Å²) in [5.74, 6) is -0.784. The second-order valence-electron chi connectivity index (χ2n) is 6.31. The van der Waals surface area contributed by atoms with Gasteiger partial charge in [-0.15, -0.1) is 4.28 Å². The van der Waals surface area contributed by atoms with E-state index in [0.717, 1.165) is 10.1 Å². The average molecular weight is 420 g/mol. The smallest absolute Gasteiger partial charge is 0.418 e. The van der Waals surface area contributed by atoms with Gasteiger partial charge < -0.3 is 4.74 Å². The Bertz CT molecular complexity index is 1260. The lowest BCUT2D eigenvalue weighted by molar-refractivity contribution is 0.0588. The number of rotatable bonds is 6. The second-order valence-corrected chi connectivity index (χ2v) is 7.31. The summed E-state index contributed by atoms with van der Waals surface area (Å²) in [6.07, 6.45) is 1.96. The number of hydroxylamine groups is 1. The molecule has 1 aliphatic rings. The highest BCUT2D eigenvalue weighted by atomic mass is 32.3. The van der Waals surface area contributed by atoms with E-state index in [-0.39, 0.29) is 16.8 Å². The van der Waals surface area contributed by atoms with Gasteiger partial charge in [0.05, 0.1) is 18.7 Å². The molecule has 0 fully saturated rings. The molecule has 2 bridgehead atoms. The van der Waals surface area contributed by atoms with Crippen molar-refractivity contribution in [1.82, 2.24) is 14.3 Å². The van der Waals surface area contributed by atoms with E-state index in [1.165, 1.54) is 13.3 Å². The summed E-state index contributed by atoms with van der Waals surface area (Å²) in [7, 11) is -3.71. The monoisotopic (exact) mass is 420 g/mol. The van der Waals surface area contributed by atoms with Crippen LogP contribution in [0.5, 0.6) is 0 Å². The molecule has 0 saturated carbocycles. The van der Waals surface area contributed by atoms with E-state index in [0.29, 0.717) is 23.5 Å². The molecule has 1 aromatic carbocycles. The van der Waals surface area contributed by atoms with Crippen LogP contribution >= 0.6 is 0 Å². The molecule has 1 N–H and O–H groups in total. The molecule has 0 unspecified atom stereocenters. The molecule has 29 heavy (non-hydrogen) atoms. The third-order valence-electron chi connectivity index (χ3n) is 4.57. The van der Waals surface area contributed by atoms with Crippen molar-refractivity contribution in [1.29, 1.82) is 0 Å². The van der Waals surface area contributed by atoms with Crippen molar-refractivity contribution in [3.8, 4) is 0 Å². The standard InChI is InChI=1S/C17H16N4O7S/c1-27-17(23)15-13-12(9-18-20(13)8-7-11-5-3-2-4-6-11)14-16(22)19(15)10-21(14)28-29(24,25)26/h2-6,9H,7-8,10H2,1H3,(H,24,25,26). The van der Waals surface area contributed by atoms with Gasteiger partial charge in [-0.05, 0) is 12.0 Å². The predicted octanol–water partition coefficient (Wildman–Crippen LogP) is 0.739. The number of aryl methyl sites for hydroxylation is 2. The van der Waals surface area contributed by atoms with Crippen LogP contribution in [0.1, 0.15) is 16.1 Å². The third-order valence-corrected chi connectivity index (χ3v) is 4.94. The van der Waals surface area contributed by atoms with E-state index in [1.54, 1.807) is 4.68 Å². The van der Waals surface area contributed by atoms with Crippen molar-refractivity contribution < 1.29 is 26.8 Å². The molecular weight excluding hydrogens is 404 g/mol. The Balaban J connectivity index is 1.85. The minimum absolute atomic E-state index is 0.0803. The minimum atomic E-state index is -4.88. The van der Waals surface area contributed by atoms with Crippen LogP contribution < -0.4 is 10.6 Å². The van der Waals surface area contributed by atoms with Crippen LogP contribution in [-0.4, -0.2) is 40.4 Å². The lowest BCUT2D eigenvalue weighted by Crippen LogP contribution is -2.26. The number of hydrogen-bond donors (Lipinski definition) is 1. The number of benzene rings is 1. The van der Waals surface area contributed by atoms with E-state index >= 15 is 0 Å². The fraction of sp³-hybridized carbons (Fsp3) is 0.235. The maximum atomic E-state index is 12.7. The van der Waals surface area contributed by atoms with Gasteiger partial charge in [0.15, 0.2) is 5.69 Å². The van der Waals surface area contributed by atoms with Gasteiger partial charge in [-0.2, -0.15) is 13.5 Å². The largest absolute Gasteiger partial charge is 0.464 e. The molecule has 2 aromatic heterocycles. The van der Waals surface area contributed by atoms with Crippen molar-refractivity contribution in [2.24, 2.45) is 0 Å². The molecule has 0 radical (unpaired) electrons. The molecule has 4 rings (SSSR count). The van der Waals surface area contributed by atoms with Gasteiger partial charge in [0.25, 0.3) is 5.56 Å². The highest BCUT2D eigenvalue weighted by Gasteiger charge is 2.35. The molecule has 0 saturated heterocycles. The fourth-order valence-electron chi connectivity index (χ4n) is 3.38. The van der Waals surface area contributed by atoms with Gasteiger partial charge in [-0.3, -0.25) is 18.6 Å². The number of carbonyl (C=O) groups is 1. The number of hydrogen-bond acceptors (Lipinski definition) is 8. The summed E-state index contributed by atoms with van der Waals surface area (Å²) in [4.78, 5) is 25.1. The summed E-state index contributed by atoms with van der Waals surface area (Å²) in [6, 6.07) is 9.62. The Morgan fingerprint density at radius 2 is 2.00 bits per heavy atom. The lowest BCUT2D eigenvalue weighted by Gasteiger charge is -2.13. The third kappa shape index (κ3) is 3.37. The predicted molar refractivity (Wildman–Crippen MR) is 101 cm³/mol. The molecule has 0 amide bonds. The van der Waals surface area contributed by atoms with Crippen LogP contribution in [0.25, 0.3) is 10.9 Å². The molecule has 1 aliphatic heterocycles. The topological polar surface area (TPSA) is 133 Å². The number of anilines is 1. The summed E-state index contributed by atoms with van der Waals surface area (Å²) < 4.78 is 43.2. The molecular formula is C17H16N4O7S. The number of carbonyl (C=O) groups excluding carboxylic acids is 1. The quantitative estimate of drug-likeness (QED) is 0.453. The molecule has 152 valence electrons. The Morgan fingerprint density at radius 3 is 2.66 bits per heavy atom. The van der Waals surface area contributed by atoms with Gasteiger partial charge in [0.1, 0.15) is 17.9 Å². The van der Waals surface area contributed by atoms with E-state index in [4.69, 9.17) is 9.29 Å². The SMILES string of the molecule is COC(=O)c1c2c(cnn2CCc2ccccc2)c2c(=O)n1CN2OS(=O)(=O)O. The number of methoxy groups -OCH3 is 1. The van der Waals surface area contributed by atoms with E-state index < -0.39 is 28.6 Å². The van der Waals surface area contributed by atoms with Gasteiger partial charge in [0, 0.05) is 6.54 Å². The molecule has 11 nitrogen and oxygen atoms in total. The second kappa shape index (κ2) is 6.99. The van der Waals surface area contributed by atoms with E-state index in [9.17, 15) is 18.0 Å². The summed E-state index contributed by atoms with van der Waals surface area (Å²) >= 11 is 0. The zero-order valence-corrected chi connectivity index (χ0v) is 16.0. The molecule has 3 aromatic rings. The first-order valence-corrected chi connectivity index (χ1v) is 9.86. The number of esters is 1. The van der Waals surface area contributed by atoms with Gasteiger partial charge in [0.2, 0.25) is 0 Å². The first-order chi connectivity index (χ1) is 13.8. The van der Waals surface area contributed by atoms with Crippen LogP contribution in [0.15, 0.2) is 41.3 Å². The maximum absolute atomic E-state index is 12.7. The maximum Gasteiger partial charge on any atom is 0.418 e. The van der Waals surface area contributed by atoms with Crippen LogP contribution in [0.3, 0.4) is 0 Å². The molecule has 0 aliphatic carbocycles. The van der Waals surface area contributed by atoms with Crippen LogP contribution in [0, 0.1) is 0 Å². The van der Waals surface area contributed by atoms with Crippen molar-refractivity contribution in [2.45, 2.75) is 19.6 Å².